The topological polar surface area (TPSA) is 105 Å². The molecule has 0 aliphatic rings. The molecule has 0 bridgehead atoms. The zero-order valence-corrected chi connectivity index (χ0v) is 13.6. The van der Waals surface area contributed by atoms with Crippen molar-refractivity contribution in [3.63, 3.8) is 0 Å². The largest absolute Gasteiger partial charge is 0.494 e. The van der Waals surface area contributed by atoms with Crippen LogP contribution in [-0.2, 0) is 13.1 Å². The lowest BCUT2D eigenvalue weighted by molar-refractivity contribution is 0.409. The maximum Gasteiger partial charge on any atom is 0.331 e. The van der Waals surface area contributed by atoms with E-state index in [0.717, 1.165) is 17.5 Å². The van der Waals surface area contributed by atoms with Crippen molar-refractivity contribution in [3.05, 3.63) is 57.8 Å². The number of nitrogens with zero attached hydrogens (tertiary/aromatic N) is 4. The van der Waals surface area contributed by atoms with Gasteiger partial charge in [-0.05, 0) is 12.8 Å². The lowest BCUT2D eigenvalue weighted by atomic mass is 10.1. The minimum Gasteiger partial charge on any atom is -0.494 e. The molecule has 2 aromatic heterocycles. The van der Waals surface area contributed by atoms with Crippen molar-refractivity contribution in [2.75, 3.05) is 6.54 Å². The Bertz CT molecular complexity index is 830. The summed E-state index contributed by atoms with van der Waals surface area (Å²) in [7, 11) is 0. The number of aromatic amines is 1. The Labute approximate surface area is 138 Å². The zero-order chi connectivity index (χ0) is 17.5. The highest BCUT2D eigenvalue weighted by atomic mass is 16.3. The standard InChI is InChI=1S/C16H21N5O3/c1-3-8-21-15(23)13(14(22)19-16(21)24)12(4-2)18-6-5-9-20-10-7-17-11-20/h3,7,10-11,23H,1,4-6,8-9H2,2H3,(H,19,22,24). The minimum absolute atomic E-state index is 0.0431. The van der Waals surface area contributed by atoms with Crippen LogP contribution in [0.4, 0.5) is 0 Å². The molecule has 0 saturated carbocycles. The van der Waals surface area contributed by atoms with Gasteiger partial charge in [-0.25, -0.2) is 9.78 Å². The average molecular weight is 331 g/mol. The van der Waals surface area contributed by atoms with Gasteiger partial charge in [-0.2, -0.15) is 0 Å². The Balaban J connectivity index is 2.24. The van der Waals surface area contributed by atoms with Crippen LogP contribution in [0.1, 0.15) is 25.3 Å². The van der Waals surface area contributed by atoms with Crippen LogP contribution in [0.25, 0.3) is 0 Å². The number of rotatable bonds is 8. The Morgan fingerprint density at radius 1 is 1.50 bits per heavy atom. The minimum atomic E-state index is -0.670. The fourth-order valence-electron chi connectivity index (χ4n) is 2.37. The highest BCUT2D eigenvalue weighted by molar-refractivity contribution is 6.01. The van der Waals surface area contributed by atoms with Crippen molar-refractivity contribution in [1.82, 2.24) is 19.1 Å². The maximum atomic E-state index is 12.1. The molecule has 0 spiro atoms. The molecule has 24 heavy (non-hydrogen) atoms. The molecule has 2 aromatic rings. The van der Waals surface area contributed by atoms with Gasteiger partial charge in [0.15, 0.2) is 0 Å². The van der Waals surface area contributed by atoms with Crippen molar-refractivity contribution in [3.8, 4) is 5.88 Å². The van der Waals surface area contributed by atoms with Crippen molar-refractivity contribution in [2.45, 2.75) is 32.9 Å². The van der Waals surface area contributed by atoms with Crippen LogP contribution < -0.4 is 11.2 Å². The van der Waals surface area contributed by atoms with Gasteiger partial charge in [-0.3, -0.25) is 19.3 Å². The summed E-state index contributed by atoms with van der Waals surface area (Å²) in [5.74, 6) is -0.376. The van der Waals surface area contributed by atoms with Crippen molar-refractivity contribution < 1.29 is 5.11 Å². The number of H-pyrrole nitrogens is 1. The first-order chi connectivity index (χ1) is 11.6. The first-order valence-electron chi connectivity index (χ1n) is 7.74. The van der Waals surface area contributed by atoms with E-state index >= 15 is 0 Å². The molecule has 0 aromatic carbocycles. The van der Waals surface area contributed by atoms with Gasteiger partial charge in [0.25, 0.3) is 5.56 Å². The van der Waals surface area contributed by atoms with E-state index in [2.05, 4.69) is 21.5 Å². The fraction of sp³-hybridized carbons (Fsp3) is 0.375. The van der Waals surface area contributed by atoms with Crippen LogP contribution in [0.3, 0.4) is 0 Å². The summed E-state index contributed by atoms with van der Waals surface area (Å²) < 4.78 is 3.00. The lowest BCUT2D eigenvalue weighted by Crippen LogP contribution is -2.33. The normalized spacial score (nSPS) is 11.6. The predicted molar refractivity (Wildman–Crippen MR) is 91.7 cm³/mol. The average Bonchev–Trinajstić information content (AvgIpc) is 3.06. The highest BCUT2D eigenvalue weighted by Gasteiger charge is 2.17. The number of aliphatic imine (C=N–C) groups is 1. The van der Waals surface area contributed by atoms with Gasteiger partial charge >= 0.3 is 5.69 Å². The van der Waals surface area contributed by atoms with E-state index in [1.54, 1.807) is 12.5 Å². The Morgan fingerprint density at radius 3 is 2.92 bits per heavy atom. The van der Waals surface area contributed by atoms with Gasteiger partial charge in [0, 0.05) is 32.0 Å². The Morgan fingerprint density at radius 2 is 2.29 bits per heavy atom. The molecular weight excluding hydrogens is 310 g/mol. The van der Waals surface area contributed by atoms with E-state index in [4.69, 9.17) is 0 Å². The summed E-state index contributed by atoms with van der Waals surface area (Å²) in [6.07, 6.45) is 8.01. The van der Waals surface area contributed by atoms with E-state index in [1.165, 1.54) is 6.08 Å². The molecule has 0 radical (unpaired) electrons. The zero-order valence-electron chi connectivity index (χ0n) is 13.6. The molecule has 8 nitrogen and oxygen atoms in total. The molecule has 0 aliphatic carbocycles. The van der Waals surface area contributed by atoms with E-state index in [1.807, 2.05) is 17.7 Å². The third-order valence-electron chi connectivity index (χ3n) is 3.54. The smallest absolute Gasteiger partial charge is 0.331 e. The molecule has 2 rings (SSSR count). The molecule has 2 heterocycles. The van der Waals surface area contributed by atoms with Crippen LogP contribution >= 0.6 is 0 Å². The summed E-state index contributed by atoms with van der Waals surface area (Å²) >= 11 is 0. The molecular formula is C16H21N5O3. The summed E-state index contributed by atoms with van der Waals surface area (Å²) in [6.45, 7) is 6.75. The second kappa shape index (κ2) is 8.09. The fourth-order valence-corrected chi connectivity index (χ4v) is 2.37. The maximum absolute atomic E-state index is 12.1. The first-order valence-corrected chi connectivity index (χ1v) is 7.74. The van der Waals surface area contributed by atoms with Gasteiger partial charge in [0.1, 0.15) is 5.56 Å². The van der Waals surface area contributed by atoms with Crippen LogP contribution in [-0.4, -0.2) is 36.5 Å². The molecule has 0 aliphatic heterocycles. The van der Waals surface area contributed by atoms with E-state index < -0.39 is 11.2 Å². The molecule has 2 N–H and O–H groups in total. The second-order valence-electron chi connectivity index (χ2n) is 5.19. The van der Waals surface area contributed by atoms with Crippen LogP contribution in [0.15, 0.2) is 46.0 Å². The van der Waals surface area contributed by atoms with Gasteiger partial charge in [0.05, 0.1) is 12.0 Å². The van der Waals surface area contributed by atoms with Crippen molar-refractivity contribution in [2.24, 2.45) is 4.99 Å². The van der Waals surface area contributed by atoms with E-state index in [9.17, 15) is 14.7 Å². The van der Waals surface area contributed by atoms with Crippen LogP contribution in [0.5, 0.6) is 5.88 Å². The number of nitrogens with one attached hydrogen (secondary N) is 1. The number of hydrogen-bond donors (Lipinski definition) is 2. The van der Waals surface area contributed by atoms with Gasteiger partial charge < -0.3 is 9.67 Å². The van der Waals surface area contributed by atoms with Crippen molar-refractivity contribution in [1.29, 1.82) is 0 Å². The summed E-state index contributed by atoms with van der Waals surface area (Å²) in [6, 6.07) is 0. The summed E-state index contributed by atoms with van der Waals surface area (Å²) in [5, 5.41) is 10.3. The monoisotopic (exact) mass is 331 g/mol. The van der Waals surface area contributed by atoms with Gasteiger partial charge in [0.2, 0.25) is 5.88 Å². The molecule has 0 saturated heterocycles. The lowest BCUT2D eigenvalue weighted by Gasteiger charge is -2.11. The Hall–Kier alpha value is -2.90. The number of aromatic hydroxyl groups is 1. The number of aryl methyl sites for hydroxylation is 1. The quantitative estimate of drug-likeness (QED) is 0.426. The predicted octanol–water partition coefficient (Wildman–Crippen LogP) is 0.914. The summed E-state index contributed by atoms with van der Waals surface area (Å²) in [5.41, 5.74) is -0.788. The SMILES string of the molecule is C=CCn1c(O)c(C(CC)=NCCCn2ccnc2)c(=O)[nH]c1=O. The first kappa shape index (κ1) is 17.5. The number of allylic oxidation sites excluding steroid dienone is 1. The van der Waals surface area contributed by atoms with Crippen LogP contribution in [0, 0.1) is 0 Å². The van der Waals surface area contributed by atoms with Crippen LogP contribution in [0.2, 0.25) is 0 Å². The molecule has 8 heteroatoms. The van der Waals surface area contributed by atoms with Gasteiger partial charge in [-0.15, -0.1) is 6.58 Å². The number of imidazole rings is 1. The highest BCUT2D eigenvalue weighted by Crippen LogP contribution is 2.13. The number of hydrogen-bond acceptors (Lipinski definition) is 5. The molecule has 128 valence electrons. The van der Waals surface area contributed by atoms with Crippen molar-refractivity contribution >= 4 is 5.71 Å². The molecule has 0 fully saturated rings. The van der Waals surface area contributed by atoms with E-state index in [0.29, 0.717) is 18.7 Å². The number of aromatic nitrogens is 4. The molecule has 0 unspecified atom stereocenters. The Kier molecular flexibility index (Phi) is 5.89. The molecule has 0 amide bonds. The van der Waals surface area contributed by atoms with E-state index in [-0.39, 0.29) is 18.0 Å². The summed E-state index contributed by atoms with van der Waals surface area (Å²) in [4.78, 5) is 34.5. The third-order valence-corrected chi connectivity index (χ3v) is 3.54. The van der Waals surface area contributed by atoms with Gasteiger partial charge in [-0.1, -0.05) is 13.0 Å². The second-order valence-corrected chi connectivity index (χ2v) is 5.19. The molecule has 0 atom stereocenters. The third kappa shape index (κ3) is 3.89.